The van der Waals surface area contributed by atoms with Gasteiger partial charge in [-0.05, 0) is 41.5 Å². The third-order valence-electron chi connectivity index (χ3n) is 4.99. The predicted octanol–water partition coefficient (Wildman–Crippen LogP) is 6.00. The number of hydrogen-bond acceptors (Lipinski definition) is 1. The molecule has 0 spiro atoms. The number of aryl methyl sites for hydroxylation is 1. The largest absolute Gasteiger partial charge is 0.351 e. The Morgan fingerprint density at radius 3 is 2.71 bits per heavy atom. The van der Waals surface area contributed by atoms with Gasteiger partial charge >= 0.3 is 0 Å². The zero-order chi connectivity index (χ0) is 19.5. The molecule has 0 unspecified atom stereocenters. The molecule has 0 saturated heterocycles. The molecule has 0 N–H and O–H groups in total. The molecule has 0 radical (unpaired) electrons. The van der Waals surface area contributed by atoms with Gasteiger partial charge in [-0.3, -0.25) is 0 Å². The van der Waals surface area contributed by atoms with Crippen LogP contribution >= 0.6 is 15.9 Å². The van der Waals surface area contributed by atoms with Crippen molar-refractivity contribution in [1.82, 2.24) is 0 Å². The maximum Gasteiger partial charge on any atom is 0.212 e. The van der Waals surface area contributed by atoms with Gasteiger partial charge in [-0.1, -0.05) is 58.4 Å². The van der Waals surface area contributed by atoms with Crippen LogP contribution in [0.4, 0.5) is 5.69 Å². The molecular formula is C25H22BrN2+. The second-order valence-corrected chi connectivity index (χ2v) is 7.77. The molecule has 28 heavy (non-hydrogen) atoms. The minimum absolute atomic E-state index is 1.03. The predicted molar refractivity (Wildman–Crippen MR) is 123 cm³/mol. The van der Waals surface area contributed by atoms with Crippen LogP contribution in [0, 0.1) is 0 Å². The van der Waals surface area contributed by atoms with E-state index in [9.17, 15) is 0 Å². The monoisotopic (exact) mass is 429 g/mol. The average Bonchev–Trinajstić information content (AvgIpc) is 2.73. The highest BCUT2D eigenvalue weighted by Crippen LogP contribution is 2.31. The van der Waals surface area contributed by atoms with Crippen molar-refractivity contribution in [3.8, 4) is 0 Å². The zero-order valence-electron chi connectivity index (χ0n) is 16.0. The van der Waals surface area contributed by atoms with Crippen molar-refractivity contribution >= 4 is 44.2 Å². The summed E-state index contributed by atoms with van der Waals surface area (Å²) in [5, 5.41) is 1.24. The first-order chi connectivity index (χ1) is 13.6. The molecule has 0 saturated carbocycles. The Kier molecular flexibility index (Phi) is 5.27. The molecule has 1 aromatic heterocycles. The number of rotatable bonds is 3. The van der Waals surface area contributed by atoms with Crippen LogP contribution in [0.1, 0.15) is 11.1 Å². The van der Waals surface area contributed by atoms with Crippen molar-refractivity contribution in [2.75, 3.05) is 11.9 Å². The number of anilines is 1. The van der Waals surface area contributed by atoms with E-state index in [4.69, 9.17) is 0 Å². The highest BCUT2D eigenvalue weighted by Gasteiger charge is 2.11. The number of allylic oxidation sites excluding steroid dienone is 6. The van der Waals surface area contributed by atoms with Crippen molar-refractivity contribution in [3.63, 3.8) is 0 Å². The molecule has 1 aliphatic heterocycles. The Morgan fingerprint density at radius 1 is 1.04 bits per heavy atom. The van der Waals surface area contributed by atoms with E-state index < -0.39 is 0 Å². The molecule has 0 aliphatic carbocycles. The Labute approximate surface area is 174 Å². The standard InChI is InChI=1S/C25H22BrN2/c1-27-17-15-19(22-7-3-5-9-24(22)27)11-13-21(26)14-12-20-16-18-28(2)25-10-6-4-8-23(20)25/h3-18H,1-2H3/q+1. The van der Waals surface area contributed by atoms with Crippen LogP contribution in [-0.4, -0.2) is 7.05 Å². The summed E-state index contributed by atoms with van der Waals surface area (Å²) in [7, 11) is 4.15. The van der Waals surface area contributed by atoms with Gasteiger partial charge in [0.15, 0.2) is 6.20 Å². The third kappa shape index (κ3) is 3.71. The summed E-state index contributed by atoms with van der Waals surface area (Å²) in [6, 6.07) is 19.1. The van der Waals surface area contributed by atoms with Crippen molar-refractivity contribution in [1.29, 1.82) is 0 Å². The van der Waals surface area contributed by atoms with Crippen LogP contribution in [0.5, 0.6) is 0 Å². The van der Waals surface area contributed by atoms with Crippen LogP contribution < -0.4 is 9.47 Å². The summed E-state index contributed by atoms with van der Waals surface area (Å²) in [6.07, 6.45) is 14.9. The van der Waals surface area contributed by atoms with E-state index in [-0.39, 0.29) is 0 Å². The number of benzene rings is 2. The number of nitrogens with zero attached hydrogens (tertiary/aromatic N) is 2. The Morgan fingerprint density at radius 2 is 1.82 bits per heavy atom. The Balaban J connectivity index is 1.62. The Bertz CT molecular complexity index is 1150. The molecule has 0 amide bonds. The van der Waals surface area contributed by atoms with E-state index in [0.717, 1.165) is 4.48 Å². The molecule has 1 aliphatic rings. The topological polar surface area (TPSA) is 7.12 Å². The van der Waals surface area contributed by atoms with E-state index in [1.165, 1.54) is 33.3 Å². The van der Waals surface area contributed by atoms with Gasteiger partial charge in [0.2, 0.25) is 5.52 Å². The molecule has 138 valence electrons. The molecule has 4 rings (SSSR count). The van der Waals surface area contributed by atoms with E-state index in [1.54, 1.807) is 0 Å². The second kappa shape index (κ2) is 7.99. The van der Waals surface area contributed by atoms with Gasteiger partial charge in [-0.2, -0.15) is 0 Å². The maximum atomic E-state index is 3.68. The fourth-order valence-electron chi connectivity index (χ4n) is 3.46. The number of hydrogen-bond donors (Lipinski definition) is 0. The maximum absolute atomic E-state index is 3.68. The van der Waals surface area contributed by atoms with Crippen LogP contribution in [0.25, 0.3) is 22.6 Å². The first-order valence-electron chi connectivity index (χ1n) is 9.27. The van der Waals surface area contributed by atoms with Gasteiger partial charge in [0.1, 0.15) is 7.05 Å². The first-order valence-corrected chi connectivity index (χ1v) is 10.1. The number of halogens is 1. The summed E-state index contributed by atoms with van der Waals surface area (Å²) in [6.45, 7) is 0. The SMILES string of the molecule is CN1C=C/C(=C/C=C(Br)/C=C/c2cc[n+](C)c3ccccc23)c2ccccc21. The molecule has 3 heteroatoms. The lowest BCUT2D eigenvalue weighted by molar-refractivity contribution is -0.644. The van der Waals surface area contributed by atoms with Crippen molar-refractivity contribution in [2.24, 2.45) is 7.05 Å². The third-order valence-corrected chi connectivity index (χ3v) is 5.52. The number of fused-ring (bicyclic) bond motifs is 2. The summed E-state index contributed by atoms with van der Waals surface area (Å²) < 4.78 is 3.17. The van der Waals surface area contributed by atoms with Gasteiger partial charge in [0.25, 0.3) is 0 Å². The lowest BCUT2D eigenvalue weighted by Crippen LogP contribution is -2.28. The Hall–Kier alpha value is -2.91. The van der Waals surface area contributed by atoms with Gasteiger partial charge in [-0.15, -0.1) is 0 Å². The van der Waals surface area contributed by atoms with Crippen molar-refractivity contribution in [2.45, 2.75) is 0 Å². The summed E-state index contributed by atoms with van der Waals surface area (Å²) in [4.78, 5) is 2.14. The first kappa shape index (κ1) is 18.5. The fraction of sp³-hybridized carbons (Fsp3) is 0.0800. The molecule has 2 heterocycles. The minimum atomic E-state index is 1.03. The smallest absolute Gasteiger partial charge is 0.212 e. The summed E-state index contributed by atoms with van der Waals surface area (Å²) >= 11 is 3.68. The highest BCUT2D eigenvalue weighted by molar-refractivity contribution is 9.11. The van der Waals surface area contributed by atoms with Gasteiger partial charge in [0, 0.05) is 41.1 Å². The fourth-order valence-corrected chi connectivity index (χ4v) is 3.72. The average molecular weight is 430 g/mol. The van der Waals surface area contributed by atoms with Crippen LogP contribution in [0.15, 0.2) is 95.8 Å². The molecule has 2 aromatic carbocycles. The number of pyridine rings is 1. The van der Waals surface area contributed by atoms with Crippen molar-refractivity contribution < 1.29 is 4.57 Å². The normalized spacial score (nSPS) is 15.6. The van der Waals surface area contributed by atoms with E-state index in [1.807, 2.05) is 0 Å². The quantitative estimate of drug-likeness (QED) is 0.365. The second-order valence-electron chi connectivity index (χ2n) is 6.85. The van der Waals surface area contributed by atoms with Crippen LogP contribution in [0.3, 0.4) is 0 Å². The van der Waals surface area contributed by atoms with E-state index in [2.05, 4.69) is 137 Å². The number of para-hydroxylation sites is 2. The van der Waals surface area contributed by atoms with Gasteiger partial charge in [0.05, 0.1) is 5.39 Å². The van der Waals surface area contributed by atoms with Gasteiger partial charge < -0.3 is 4.90 Å². The molecule has 0 bridgehead atoms. The molecule has 3 aromatic rings. The molecular weight excluding hydrogens is 408 g/mol. The molecule has 0 fully saturated rings. The highest BCUT2D eigenvalue weighted by atomic mass is 79.9. The minimum Gasteiger partial charge on any atom is -0.351 e. The summed E-state index contributed by atoms with van der Waals surface area (Å²) in [5.74, 6) is 0. The zero-order valence-corrected chi connectivity index (χ0v) is 17.6. The van der Waals surface area contributed by atoms with Gasteiger partial charge in [-0.25, -0.2) is 4.57 Å². The number of aromatic nitrogens is 1. The lowest BCUT2D eigenvalue weighted by Gasteiger charge is -2.23. The molecule has 2 nitrogen and oxygen atoms in total. The summed E-state index contributed by atoms with van der Waals surface area (Å²) in [5.41, 5.74) is 6.10. The molecule has 0 atom stereocenters. The van der Waals surface area contributed by atoms with Crippen molar-refractivity contribution in [3.05, 3.63) is 107 Å². The van der Waals surface area contributed by atoms with E-state index >= 15 is 0 Å². The van der Waals surface area contributed by atoms with Crippen LogP contribution in [0.2, 0.25) is 0 Å². The lowest BCUT2D eigenvalue weighted by atomic mass is 10.00. The van der Waals surface area contributed by atoms with Crippen LogP contribution in [-0.2, 0) is 7.05 Å². The van der Waals surface area contributed by atoms with E-state index in [0.29, 0.717) is 0 Å².